The normalized spacial score (nSPS) is 10.8. The average Bonchev–Trinajstić information content (AvgIpc) is 2.71. The Morgan fingerprint density at radius 3 is 2.94 bits per heavy atom. The Hall–Kier alpha value is -1.88. The van der Waals surface area contributed by atoms with Gasteiger partial charge in [0.1, 0.15) is 12.4 Å². The van der Waals surface area contributed by atoms with Gasteiger partial charge in [-0.1, -0.05) is 12.1 Å². The number of amides is 1. The molecule has 1 amide bonds. The first-order chi connectivity index (χ1) is 8.72. The molecule has 0 aliphatic rings. The zero-order valence-electron chi connectivity index (χ0n) is 10.6. The number of ether oxygens (including phenoxy) is 1. The van der Waals surface area contributed by atoms with E-state index >= 15 is 0 Å². The first kappa shape index (κ1) is 12.6. The summed E-state index contributed by atoms with van der Waals surface area (Å²) < 4.78 is 7.02. The Morgan fingerprint density at radius 2 is 2.22 bits per heavy atom. The highest BCUT2D eigenvalue weighted by Crippen LogP contribution is 2.13. The molecule has 0 spiro atoms. The van der Waals surface area contributed by atoms with Gasteiger partial charge in [-0.15, -0.1) is 0 Å². The fourth-order valence-corrected chi connectivity index (χ4v) is 1.78. The number of imidazole rings is 1. The molecule has 0 atom stereocenters. The van der Waals surface area contributed by atoms with Crippen LogP contribution < -0.4 is 5.32 Å². The number of carbonyl (C=O) groups excluding carboxylic acids is 1. The third-order valence-electron chi connectivity index (χ3n) is 2.76. The largest absolute Gasteiger partial charge is 0.372 e. The summed E-state index contributed by atoms with van der Waals surface area (Å²) in [5, 5.41) is 2.79. The second-order valence-corrected chi connectivity index (χ2v) is 3.99. The summed E-state index contributed by atoms with van der Waals surface area (Å²) in [6, 6.07) is 7.89. The Balaban J connectivity index is 2.03. The second kappa shape index (κ2) is 5.64. The standard InChI is InChI=1S/C13H17N3O2/c1-3-18-9-13(17)14-8-12-15-10-6-4-5-7-11(10)16(12)2/h4-7H,3,8-9H2,1-2H3,(H,14,17). The van der Waals surface area contributed by atoms with E-state index in [1.807, 2.05) is 42.8 Å². The van der Waals surface area contributed by atoms with Gasteiger partial charge in [0.15, 0.2) is 0 Å². The number of hydrogen-bond donors (Lipinski definition) is 1. The van der Waals surface area contributed by atoms with Crippen LogP contribution in [0.2, 0.25) is 0 Å². The molecule has 2 rings (SSSR count). The molecule has 0 aliphatic carbocycles. The topological polar surface area (TPSA) is 56.1 Å². The number of carbonyl (C=O) groups is 1. The average molecular weight is 247 g/mol. The molecule has 0 aliphatic heterocycles. The smallest absolute Gasteiger partial charge is 0.246 e. The maximum absolute atomic E-state index is 11.4. The molecular weight excluding hydrogens is 230 g/mol. The molecule has 1 N–H and O–H groups in total. The van der Waals surface area contributed by atoms with Crippen molar-refractivity contribution >= 4 is 16.9 Å². The highest BCUT2D eigenvalue weighted by atomic mass is 16.5. The van der Waals surface area contributed by atoms with Crippen LogP contribution in [-0.2, 0) is 23.1 Å². The van der Waals surface area contributed by atoms with Crippen LogP contribution in [-0.4, -0.2) is 28.7 Å². The van der Waals surface area contributed by atoms with Crippen LogP contribution in [0, 0.1) is 0 Å². The third-order valence-corrected chi connectivity index (χ3v) is 2.76. The SMILES string of the molecule is CCOCC(=O)NCc1nc2ccccc2n1C. The van der Waals surface area contributed by atoms with Gasteiger partial charge in [-0.2, -0.15) is 0 Å². The van der Waals surface area contributed by atoms with Crippen molar-refractivity contribution in [1.82, 2.24) is 14.9 Å². The van der Waals surface area contributed by atoms with Crippen LogP contribution in [0.25, 0.3) is 11.0 Å². The number of aromatic nitrogens is 2. The minimum absolute atomic E-state index is 0.0977. The van der Waals surface area contributed by atoms with E-state index in [0.29, 0.717) is 13.2 Å². The number of nitrogens with one attached hydrogen (secondary N) is 1. The van der Waals surface area contributed by atoms with Crippen LogP contribution in [0.4, 0.5) is 0 Å². The molecular formula is C13H17N3O2. The van der Waals surface area contributed by atoms with E-state index in [9.17, 15) is 4.79 Å². The molecule has 1 heterocycles. The Kier molecular flexibility index (Phi) is 3.94. The van der Waals surface area contributed by atoms with Crippen molar-refractivity contribution in [2.24, 2.45) is 7.05 Å². The van der Waals surface area contributed by atoms with Gasteiger partial charge < -0.3 is 14.6 Å². The van der Waals surface area contributed by atoms with Crippen LogP contribution in [0.5, 0.6) is 0 Å². The van der Waals surface area contributed by atoms with Crippen molar-refractivity contribution in [2.45, 2.75) is 13.5 Å². The maximum atomic E-state index is 11.4. The molecule has 2 aromatic rings. The van der Waals surface area contributed by atoms with Gasteiger partial charge in [-0.3, -0.25) is 4.79 Å². The van der Waals surface area contributed by atoms with Gasteiger partial charge in [0.05, 0.1) is 17.6 Å². The van der Waals surface area contributed by atoms with Crippen molar-refractivity contribution in [1.29, 1.82) is 0 Å². The highest BCUT2D eigenvalue weighted by molar-refractivity contribution is 5.78. The van der Waals surface area contributed by atoms with E-state index in [1.54, 1.807) is 0 Å². The fraction of sp³-hybridized carbons (Fsp3) is 0.385. The summed E-state index contributed by atoms with van der Waals surface area (Å²) >= 11 is 0. The number of hydrogen-bond acceptors (Lipinski definition) is 3. The molecule has 0 fully saturated rings. The quantitative estimate of drug-likeness (QED) is 0.864. The molecule has 5 nitrogen and oxygen atoms in total. The van der Waals surface area contributed by atoms with Crippen molar-refractivity contribution in [2.75, 3.05) is 13.2 Å². The van der Waals surface area contributed by atoms with Gasteiger partial charge >= 0.3 is 0 Å². The van der Waals surface area contributed by atoms with E-state index in [0.717, 1.165) is 16.9 Å². The summed E-state index contributed by atoms with van der Waals surface area (Å²) in [4.78, 5) is 15.9. The molecule has 0 radical (unpaired) electrons. The lowest BCUT2D eigenvalue weighted by atomic mass is 10.3. The number of aryl methyl sites for hydroxylation is 1. The van der Waals surface area contributed by atoms with Crippen molar-refractivity contribution in [3.05, 3.63) is 30.1 Å². The first-order valence-electron chi connectivity index (χ1n) is 5.97. The predicted octanol–water partition coefficient (Wildman–Crippen LogP) is 1.23. The second-order valence-electron chi connectivity index (χ2n) is 3.99. The van der Waals surface area contributed by atoms with Crippen LogP contribution in [0.3, 0.4) is 0 Å². The highest BCUT2D eigenvalue weighted by Gasteiger charge is 2.08. The van der Waals surface area contributed by atoms with Crippen LogP contribution in [0.15, 0.2) is 24.3 Å². The predicted molar refractivity (Wildman–Crippen MR) is 69.1 cm³/mol. The van der Waals surface area contributed by atoms with E-state index in [-0.39, 0.29) is 12.5 Å². The lowest BCUT2D eigenvalue weighted by molar-refractivity contribution is -0.125. The summed E-state index contributed by atoms with van der Waals surface area (Å²) in [7, 11) is 1.94. The van der Waals surface area contributed by atoms with Gasteiger partial charge in [0.25, 0.3) is 0 Å². The third kappa shape index (κ3) is 2.68. The summed E-state index contributed by atoms with van der Waals surface area (Å²) in [5.41, 5.74) is 2.00. The van der Waals surface area contributed by atoms with Gasteiger partial charge in [-0.05, 0) is 19.1 Å². The summed E-state index contributed by atoms with van der Waals surface area (Å²) in [5.74, 6) is 0.713. The fourth-order valence-electron chi connectivity index (χ4n) is 1.78. The molecule has 5 heteroatoms. The minimum Gasteiger partial charge on any atom is -0.372 e. The monoisotopic (exact) mass is 247 g/mol. The lowest BCUT2D eigenvalue weighted by Gasteiger charge is -2.05. The lowest BCUT2D eigenvalue weighted by Crippen LogP contribution is -2.28. The van der Waals surface area contributed by atoms with E-state index in [2.05, 4.69) is 10.3 Å². The zero-order chi connectivity index (χ0) is 13.0. The maximum Gasteiger partial charge on any atom is 0.246 e. The van der Waals surface area contributed by atoms with Gasteiger partial charge in [0.2, 0.25) is 5.91 Å². The molecule has 0 bridgehead atoms. The van der Waals surface area contributed by atoms with Gasteiger partial charge in [0, 0.05) is 13.7 Å². The number of rotatable bonds is 5. The van der Waals surface area contributed by atoms with Crippen LogP contribution in [0.1, 0.15) is 12.7 Å². The molecule has 96 valence electrons. The molecule has 1 aromatic carbocycles. The number of para-hydroxylation sites is 2. The minimum atomic E-state index is -0.121. The molecule has 18 heavy (non-hydrogen) atoms. The van der Waals surface area contributed by atoms with E-state index in [4.69, 9.17) is 4.74 Å². The molecule has 0 unspecified atom stereocenters. The first-order valence-corrected chi connectivity index (χ1v) is 5.97. The van der Waals surface area contributed by atoms with E-state index in [1.165, 1.54) is 0 Å². The molecule has 0 saturated heterocycles. The Bertz CT molecular complexity index is 548. The van der Waals surface area contributed by atoms with Crippen molar-refractivity contribution < 1.29 is 9.53 Å². The summed E-state index contributed by atoms with van der Waals surface area (Å²) in [6.45, 7) is 2.91. The Labute approximate surface area is 106 Å². The number of fused-ring (bicyclic) bond motifs is 1. The van der Waals surface area contributed by atoms with Crippen molar-refractivity contribution in [3.63, 3.8) is 0 Å². The van der Waals surface area contributed by atoms with E-state index < -0.39 is 0 Å². The van der Waals surface area contributed by atoms with Crippen molar-refractivity contribution in [3.8, 4) is 0 Å². The molecule has 0 saturated carbocycles. The van der Waals surface area contributed by atoms with Gasteiger partial charge in [-0.25, -0.2) is 4.98 Å². The number of benzene rings is 1. The number of nitrogens with zero attached hydrogens (tertiary/aromatic N) is 2. The zero-order valence-corrected chi connectivity index (χ0v) is 10.6. The molecule has 1 aromatic heterocycles. The van der Waals surface area contributed by atoms with Crippen LogP contribution >= 0.6 is 0 Å². The Morgan fingerprint density at radius 1 is 1.44 bits per heavy atom. The summed E-state index contributed by atoms with van der Waals surface area (Å²) in [6.07, 6.45) is 0.